The Balaban J connectivity index is 0.00000300. The molecule has 3 N–H and O–H groups in total. The van der Waals surface area contributed by atoms with Crippen LogP contribution in [-0.4, -0.2) is 50.9 Å². The molecule has 0 aliphatic carbocycles. The van der Waals surface area contributed by atoms with Crippen LogP contribution in [0.4, 0.5) is 5.69 Å². The maximum Gasteiger partial charge on any atom is 0.191 e. The predicted molar refractivity (Wildman–Crippen MR) is 133 cm³/mol. The van der Waals surface area contributed by atoms with E-state index in [1.807, 2.05) is 18.2 Å². The van der Waals surface area contributed by atoms with E-state index in [0.717, 1.165) is 35.5 Å². The van der Waals surface area contributed by atoms with Crippen LogP contribution in [0, 0.1) is 0 Å². The van der Waals surface area contributed by atoms with Crippen molar-refractivity contribution in [3.8, 4) is 11.5 Å². The summed E-state index contributed by atoms with van der Waals surface area (Å²) in [7, 11) is 3.37. The average Bonchev–Trinajstić information content (AvgIpc) is 3.16. The van der Waals surface area contributed by atoms with Crippen LogP contribution in [0.15, 0.2) is 51.9 Å². The summed E-state index contributed by atoms with van der Waals surface area (Å²) in [5, 5.41) is 16.9. The molecule has 3 rings (SSSR count). The molecule has 6 nitrogen and oxygen atoms in total. The Hall–Kier alpha value is -1.68. The van der Waals surface area contributed by atoms with Crippen LogP contribution in [-0.2, 0) is 6.42 Å². The van der Waals surface area contributed by atoms with E-state index in [-0.39, 0.29) is 29.7 Å². The lowest BCUT2D eigenvalue weighted by molar-refractivity contribution is 0.406. The first-order valence-electron chi connectivity index (χ1n) is 9.43. The highest BCUT2D eigenvalue weighted by atomic mass is 127. The fourth-order valence-electron chi connectivity index (χ4n) is 3.39. The zero-order chi connectivity index (χ0) is 19.9. The molecule has 29 heavy (non-hydrogen) atoms. The Morgan fingerprint density at radius 2 is 2.10 bits per heavy atom. The van der Waals surface area contributed by atoms with Crippen molar-refractivity contribution in [2.75, 3.05) is 38.7 Å². The van der Waals surface area contributed by atoms with Crippen LogP contribution in [0.3, 0.4) is 0 Å². The number of methoxy groups -OCH3 is 1. The number of phenols is 1. The van der Waals surface area contributed by atoms with E-state index in [0.29, 0.717) is 24.8 Å². The molecule has 1 aliphatic heterocycles. The summed E-state index contributed by atoms with van der Waals surface area (Å²) < 4.78 is 6.24. The Morgan fingerprint density at radius 3 is 2.79 bits per heavy atom. The zero-order valence-corrected chi connectivity index (χ0v) is 20.6. The number of hydrogen-bond acceptors (Lipinski definition) is 4. The van der Waals surface area contributed by atoms with Crippen LogP contribution in [0.25, 0.3) is 0 Å². The van der Waals surface area contributed by atoms with Gasteiger partial charge in [-0.1, -0.05) is 18.2 Å². The molecule has 2 aromatic rings. The van der Waals surface area contributed by atoms with Gasteiger partial charge in [0, 0.05) is 43.3 Å². The first-order valence-corrected chi connectivity index (χ1v) is 10.2. The number of benzene rings is 2. The molecule has 1 aliphatic rings. The van der Waals surface area contributed by atoms with Gasteiger partial charge in [0.15, 0.2) is 5.96 Å². The molecule has 8 heteroatoms. The molecule has 0 aromatic heterocycles. The standard InChI is InChI=1S/C21H27BrN4O2.HI/c1-23-21(24-11-9-15-7-8-17(28-2)13-20(15)27)25-16-10-12-26(14-16)19-6-4-3-5-18(19)22;/h3-8,13,16,27H,9-12,14H2,1-2H3,(H2,23,24,25);1H. The summed E-state index contributed by atoms with van der Waals surface area (Å²) in [6.45, 7) is 2.62. The molecule has 1 atom stereocenters. The molecule has 0 radical (unpaired) electrons. The van der Waals surface area contributed by atoms with Gasteiger partial charge in [0.2, 0.25) is 0 Å². The van der Waals surface area contributed by atoms with Gasteiger partial charge in [-0.2, -0.15) is 0 Å². The van der Waals surface area contributed by atoms with Gasteiger partial charge in [-0.3, -0.25) is 4.99 Å². The molecular formula is C21H28BrIN4O2. The summed E-state index contributed by atoms with van der Waals surface area (Å²) in [4.78, 5) is 6.71. The van der Waals surface area contributed by atoms with Gasteiger partial charge in [-0.15, -0.1) is 24.0 Å². The zero-order valence-electron chi connectivity index (χ0n) is 16.7. The third-order valence-corrected chi connectivity index (χ3v) is 5.60. The van der Waals surface area contributed by atoms with E-state index in [2.05, 4.69) is 54.7 Å². The number of aliphatic imine (C=N–C) groups is 1. The van der Waals surface area contributed by atoms with Crippen molar-refractivity contribution < 1.29 is 9.84 Å². The van der Waals surface area contributed by atoms with Crippen molar-refractivity contribution in [1.82, 2.24) is 10.6 Å². The third kappa shape index (κ3) is 6.40. The van der Waals surface area contributed by atoms with E-state index in [9.17, 15) is 5.11 Å². The lowest BCUT2D eigenvalue weighted by Gasteiger charge is -2.21. The SMILES string of the molecule is CN=C(NCCc1ccc(OC)cc1O)NC1CCN(c2ccccc2Br)C1.I. The van der Waals surface area contributed by atoms with Crippen molar-refractivity contribution in [3.63, 3.8) is 0 Å². The smallest absolute Gasteiger partial charge is 0.191 e. The number of rotatable bonds is 6. The van der Waals surface area contributed by atoms with Gasteiger partial charge >= 0.3 is 0 Å². The van der Waals surface area contributed by atoms with Crippen LogP contribution < -0.4 is 20.3 Å². The van der Waals surface area contributed by atoms with Crippen molar-refractivity contribution in [3.05, 3.63) is 52.5 Å². The minimum Gasteiger partial charge on any atom is -0.508 e. The number of para-hydroxylation sites is 1. The minimum atomic E-state index is 0. The molecule has 1 saturated heterocycles. The second-order valence-corrected chi connectivity index (χ2v) is 7.63. The summed E-state index contributed by atoms with van der Waals surface area (Å²) in [5.74, 6) is 1.69. The average molecular weight is 575 g/mol. The molecular weight excluding hydrogens is 547 g/mol. The van der Waals surface area contributed by atoms with E-state index in [1.54, 1.807) is 20.2 Å². The molecule has 2 aromatic carbocycles. The second-order valence-electron chi connectivity index (χ2n) is 6.77. The number of aromatic hydroxyl groups is 1. The van der Waals surface area contributed by atoms with E-state index < -0.39 is 0 Å². The quantitative estimate of drug-likeness (QED) is 0.278. The highest BCUT2D eigenvalue weighted by Crippen LogP contribution is 2.28. The fourth-order valence-corrected chi connectivity index (χ4v) is 3.93. The second kappa shape index (κ2) is 11.5. The molecule has 1 fully saturated rings. The van der Waals surface area contributed by atoms with Crippen LogP contribution >= 0.6 is 39.9 Å². The lowest BCUT2D eigenvalue weighted by atomic mass is 10.1. The molecule has 1 heterocycles. The van der Waals surface area contributed by atoms with Crippen molar-refractivity contribution in [2.24, 2.45) is 4.99 Å². The van der Waals surface area contributed by atoms with Crippen LogP contribution in [0.1, 0.15) is 12.0 Å². The Morgan fingerprint density at radius 1 is 1.31 bits per heavy atom. The lowest BCUT2D eigenvalue weighted by Crippen LogP contribution is -2.45. The topological polar surface area (TPSA) is 69.1 Å². The largest absolute Gasteiger partial charge is 0.508 e. The van der Waals surface area contributed by atoms with Gasteiger partial charge in [-0.25, -0.2) is 0 Å². The van der Waals surface area contributed by atoms with Gasteiger partial charge in [0.1, 0.15) is 11.5 Å². The number of nitrogens with one attached hydrogen (secondary N) is 2. The number of nitrogens with zero attached hydrogens (tertiary/aromatic N) is 2. The molecule has 158 valence electrons. The van der Waals surface area contributed by atoms with Crippen LogP contribution in [0.5, 0.6) is 11.5 Å². The number of halogens is 2. The number of guanidine groups is 1. The first-order chi connectivity index (χ1) is 13.6. The number of hydrogen-bond donors (Lipinski definition) is 3. The Labute approximate surface area is 197 Å². The maximum absolute atomic E-state index is 10.1. The van der Waals surface area contributed by atoms with Crippen LogP contribution in [0.2, 0.25) is 0 Å². The molecule has 0 bridgehead atoms. The summed E-state index contributed by atoms with van der Waals surface area (Å²) in [6.07, 6.45) is 1.76. The van der Waals surface area contributed by atoms with Crippen molar-refractivity contribution >= 4 is 51.6 Å². The third-order valence-electron chi connectivity index (χ3n) is 4.93. The van der Waals surface area contributed by atoms with Crippen molar-refractivity contribution in [2.45, 2.75) is 18.9 Å². The predicted octanol–water partition coefficient (Wildman–Crippen LogP) is 3.77. The highest BCUT2D eigenvalue weighted by Gasteiger charge is 2.24. The van der Waals surface area contributed by atoms with Gasteiger partial charge in [0.05, 0.1) is 12.8 Å². The monoisotopic (exact) mass is 574 g/mol. The number of ether oxygens (including phenoxy) is 1. The highest BCUT2D eigenvalue weighted by molar-refractivity contribution is 14.0. The molecule has 0 amide bonds. The Bertz CT molecular complexity index is 834. The summed E-state index contributed by atoms with van der Waals surface area (Å²) in [5.41, 5.74) is 2.11. The van der Waals surface area contributed by atoms with Gasteiger partial charge < -0.3 is 25.4 Å². The van der Waals surface area contributed by atoms with Gasteiger partial charge in [0.25, 0.3) is 0 Å². The summed E-state index contributed by atoms with van der Waals surface area (Å²) >= 11 is 3.64. The van der Waals surface area contributed by atoms with E-state index in [1.165, 1.54) is 5.69 Å². The summed E-state index contributed by atoms with van der Waals surface area (Å²) in [6, 6.07) is 14.0. The molecule has 1 unspecified atom stereocenters. The molecule has 0 saturated carbocycles. The van der Waals surface area contributed by atoms with E-state index >= 15 is 0 Å². The van der Waals surface area contributed by atoms with Gasteiger partial charge in [-0.05, 0) is 52.5 Å². The number of phenolic OH excluding ortho intramolecular Hbond substituents is 1. The Kier molecular flexibility index (Phi) is 9.35. The fraction of sp³-hybridized carbons (Fsp3) is 0.381. The normalized spacial score (nSPS) is 16.3. The maximum atomic E-state index is 10.1. The van der Waals surface area contributed by atoms with Crippen molar-refractivity contribution in [1.29, 1.82) is 0 Å². The first kappa shape index (κ1) is 23.6. The van der Waals surface area contributed by atoms with E-state index in [4.69, 9.17) is 4.74 Å². The molecule has 0 spiro atoms. The number of anilines is 1. The minimum absolute atomic E-state index is 0.